The molecule has 0 unspecified atom stereocenters. The van der Waals surface area contributed by atoms with Crippen LogP contribution in [-0.4, -0.2) is 30.8 Å². The van der Waals surface area contributed by atoms with E-state index in [4.69, 9.17) is 0 Å². The third-order valence-electron chi connectivity index (χ3n) is 4.45. The topological polar surface area (TPSA) is 85.2 Å². The number of nitrogens with zero attached hydrogens (tertiary/aromatic N) is 2. The molecule has 2 amide bonds. The van der Waals surface area contributed by atoms with Crippen molar-refractivity contribution in [2.45, 2.75) is 0 Å². The van der Waals surface area contributed by atoms with Crippen molar-refractivity contribution in [2.24, 2.45) is 0 Å². The Bertz CT molecular complexity index is 1130. The van der Waals surface area contributed by atoms with Crippen molar-refractivity contribution in [3.05, 3.63) is 95.6 Å². The Hall–Kier alpha value is -4.37. The molecule has 0 radical (unpaired) electrons. The fourth-order valence-electron chi connectivity index (χ4n) is 2.82. The maximum atomic E-state index is 12.5. The van der Waals surface area contributed by atoms with Crippen LogP contribution in [0.2, 0.25) is 0 Å². The molecule has 3 aromatic carbocycles. The minimum Gasteiger partial charge on any atom is -0.356 e. The highest BCUT2D eigenvalue weighted by Gasteiger charge is 2.11. The lowest BCUT2D eigenvalue weighted by Gasteiger charge is -2.11. The predicted octanol–water partition coefficient (Wildman–Crippen LogP) is 4.68. The Balaban J connectivity index is 1.67. The Morgan fingerprint density at radius 2 is 1.42 bits per heavy atom. The highest BCUT2D eigenvalue weighted by molar-refractivity contribution is 6.09. The molecule has 0 heterocycles. The molecule has 0 aliphatic carbocycles. The van der Waals surface area contributed by atoms with E-state index in [-0.39, 0.29) is 11.5 Å². The van der Waals surface area contributed by atoms with Crippen molar-refractivity contribution in [1.82, 2.24) is 4.90 Å². The Labute approximate surface area is 181 Å². The first-order valence-corrected chi connectivity index (χ1v) is 9.63. The summed E-state index contributed by atoms with van der Waals surface area (Å²) in [7, 11) is 3.35. The van der Waals surface area contributed by atoms with Gasteiger partial charge in [0.2, 0.25) is 0 Å². The average molecular weight is 410 g/mol. The molecular formula is C25H22N4O2. The summed E-state index contributed by atoms with van der Waals surface area (Å²) in [5.41, 5.74) is 3.61. The molecule has 0 aromatic heterocycles. The van der Waals surface area contributed by atoms with Gasteiger partial charge in [-0.25, -0.2) is 0 Å². The SMILES string of the molecule is CN(C)C(=O)c1ccc(NC(=O)C(C#N)=Cc2ccc(Nc3ccccc3)cc2)cc1. The van der Waals surface area contributed by atoms with E-state index in [0.717, 1.165) is 16.9 Å². The number of amides is 2. The molecule has 6 heteroatoms. The third-order valence-corrected chi connectivity index (χ3v) is 4.45. The van der Waals surface area contributed by atoms with E-state index in [1.807, 2.05) is 60.7 Å². The summed E-state index contributed by atoms with van der Waals surface area (Å²) in [6, 6.07) is 25.7. The van der Waals surface area contributed by atoms with Crippen molar-refractivity contribution < 1.29 is 9.59 Å². The minimum atomic E-state index is -0.513. The third kappa shape index (κ3) is 5.81. The fourth-order valence-corrected chi connectivity index (χ4v) is 2.82. The number of nitrogens with one attached hydrogen (secondary N) is 2. The quantitative estimate of drug-likeness (QED) is 0.456. The van der Waals surface area contributed by atoms with Crippen LogP contribution in [0.15, 0.2) is 84.4 Å². The first-order valence-electron chi connectivity index (χ1n) is 9.63. The number of hydrogen-bond acceptors (Lipinski definition) is 4. The lowest BCUT2D eigenvalue weighted by atomic mass is 10.1. The Kier molecular flexibility index (Phi) is 6.82. The molecule has 6 nitrogen and oxygen atoms in total. The van der Waals surface area contributed by atoms with Crippen LogP contribution in [0.1, 0.15) is 15.9 Å². The van der Waals surface area contributed by atoms with E-state index in [1.54, 1.807) is 38.4 Å². The number of para-hydroxylation sites is 1. The summed E-state index contributed by atoms with van der Waals surface area (Å²) in [5.74, 6) is -0.638. The number of benzene rings is 3. The molecule has 3 aromatic rings. The number of nitriles is 1. The highest BCUT2D eigenvalue weighted by atomic mass is 16.2. The van der Waals surface area contributed by atoms with Crippen LogP contribution >= 0.6 is 0 Å². The molecule has 0 aliphatic heterocycles. The summed E-state index contributed by atoms with van der Waals surface area (Å²) in [4.78, 5) is 25.9. The predicted molar refractivity (Wildman–Crippen MR) is 123 cm³/mol. The monoisotopic (exact) mass is 410 g/mol. The lowest BCUT2D eigenvalue weighted by Crippen LogP contribution is -2.21. The highest BCUT2D eigenvalue weighted by Crippen LogP contribution is 2.18. The number of carbonyl (C=O) groups is 2. The second-order valence-electron chi connectivity index (χ2n) is 7.01. The van der Waals surface area contributed by atoms with E-state index >= 15 is 0 Å². The summed E-state index contributed by atoms with van der Waals surface area (Å²) < 4.78 is 0. The minimum absolute atomic E-state index is 0.0165. The molecule has 0 saturated carbocycles. The van der Waals surface area contributed by atoms with Gasteiger partial charge < -0.3 is 15.5 Å². The van der Waals surface area contributed by atoms with Crippen LogP contribution < -0.4 is 10.6 Å². The number of hydrogen-bond donors (Lipinski definition) is 2. The van der Waals surface area contributed by atoms with Crippen molar-refractivity contribution in [3.8, 4) is 6.07 Å². The second-order valence-corrected chi connectivity index (χ2v) is 7.01. The normalized spacial score (nSPS) is 10.7. The van der Waals surface area contributed by atoms with Gasteiger partial charge in [-0.15, -0.1) is 0 Å². The maximum Gasteiger partial charge on any atom is 0.266 e. The zero-order valence-corrected chi connectivity index (χ0v) is 17.3. The van der Waals surface area contributed by atoms with Crippen molar-refractivity contribution >= 4 is 35.0 Å². The number of anilines is 3. The molecule has 2 N–H and O–H groups in total. The smallest absolute Gasteiger partial charge is 0.266 e. The molecule has 0 atom stereocenters. The Morgan fingerprint density at radius 1 is 0.839 bits per heavy atom. The molecule has 0 aliphatic rings. The number of rotatable bonds is 6. The van der Waals surface area contributed by atoms with Crippen molar-refractivity contribution in [3.63, 3.8) is 0 Å². The van der Waals surface area contributed by atoms with Crippen molar-refractivity contribution in [1.29, 1.82) is 5.26 Å². The van der Waals surface area contributed by atoms with Crippen LogP contribution in [-0.2, 0) is 4.79 Å². The zero-order chi connectivity index (χ0) is 22.2. The van der Waals surface area contributed by atoms with Gasteiger partial charge in [0.1, 0.15) is 11.6 Å². The van der Waals surface area contributed by atoms with Crippen LogP contribution in [0.25, 0.3) is 6.08 Å². The van der Waals surface area contributed by atoms with Crippen LogP contribution in [0, 0.1) is 11.3 Å². The molecule has 0 bridgehead atoms. The van der Waals surface area contributed by atoms with Gasteiger partial charge in [0.05, 0.1) is 0 Å². The lowest BCUT2D eigenvalue weighted by molar-refractivity contribution is -0.112. The molecule has 0 spiro atoms. The van der Waals surface area contributed by atoms with Crippen molar-refractivity contribution in [2.75, 3.05) is 24.7 Å². The molecule has 0 fully saturated rings. The summed E-state index contributed by atoms with van der Waals surface area (Å²) in [6.45, 7) is 0. The van der Waals surface area contributed by atoms with Gasteiger partial charge in [-0.2, -0.15) is 5.26 Å². The molecule has 3 rings (SSSR count). The van der Waals surface area contributed by atoms with Crippen LogP contribution in [0.4, 0.5) is 17.1 Å². The van der Waals surface area contributed by atoms with E-state index in [1.165, 1.54) is 11.0 Å². The maximum absolute atomic E-state index is 12.5. The first-order chi connectivity index (χ1) is 15.0. The number of carbonyl (C=O) groups excluding carboxylic acids is 2. The van der Waals surface area contributed by atoms with Gasteiger partial charge in [-0.3, -0.25) is 9.59 Å². The van der Waals surface area contributed by atoms with Gasteiger partial charge in [-0.1, -0.05) is 30.3 Å². The fraction of sp³-hybridized carbons (Fsp3) is 0.0800. The largest absolute Gasteiger partial charge is 0.356 e. The molecule has 0 saturated heterocycles. The van der Waals surface area contributed by atoms with E-state index in [9.17, 15) is 14.9 Å². The van der Waals surface area contributed by atoms with Gasteiger partial charge in [0, 0.05) is 36.7 Å². The molecule has 31 heavy (non-hydrogen) atoms. The van der Waals surface area contributed by atoms with Crippen LogP contribution in [0.3, 0.4) is 0 Å². The van der Waals surface area contributed by atoms with Gasteiger partial charge in [-0.05, 0) is 60.2 Å². The van der Waals surface area contributed by atoms with Crippen LogP contribution in [0.5, 0.6) is 0 Å². The molecule has 154 valence electrons. The van der Waals surface area contributed by atoms with Gasteiger partial charge >= 0.3 is 0 Å². The van der Waals surface area contributed by atoms with E-state index in [2.05, 4.69) is 10.6 Å². The van der Waals surface area contributed by atoms with Gasteiger partial charge in [0.25, 0.3) is 11.8 Å². The summed E-state index contributed by atoms with van der Waals surface area (Å²) in [5, 5.41) is 15.4. The molecular weight excluding hydrogens is 388 g/mol. The summed E-state index contributed by atoms with van der Waals surface area (Å²) in [6.07, 6.45) is 1.53. The average Bonchev–Trinajstić information content (AvgIpc) is 2.79. The zero-order valence-electron chi connectivity index (χ0n) is 17.3. The first kappa shape index (κ1) is 21.3. The van der Waals surface area contributed by atoms with E-state index in [0.29, 0.717) is 11.3 Å². The Morgan fingerprint density at radius 3 is 2.00 bits per heavy atom. The van der Waals surface area contributed by atoms with Gasteiger partial charge in [0.15, 0.2) is 0 Å². The standard InChI is InChI=1S/C25H22N4O2/c1-29(2)25(31)19-10-14-23(15-11-19)28-24(30)20(17-26)16-18-8-12-22(13-9-18)27-21-6-4-3-5-7-21/h3-16,27H,1-2H3,(H,28,30). The second kappa shape index (κ2) is 9.90. The van der Waals surface area contributed by atoms with E-state index < -0.39 is 5.91 Å². The summed E-state index contributed by atoms with van der Waals surface area (Å²) >= 11 is 0.